The second kappa shape index (κ2) is 7.49. The zero-order chi connectivity index (χ0) is 17.1. The number of halogens is 1. The van der Waals surface area contributed by atoms with Gasteiger partial charge in [-0.25, -0.2) is 4.39 Å². The fourth-order valence-electron chi connectivity index (χ4n) is 2.48. The topological polar surface area (TPSA) is 30.7 Å². The molecule has 0 bridgehead atoms. The van der Waals surface area contributed by atoms with Crippen LogP contribution >= 0.6 is 23.1 Å². The van der Waals surface area contributed by atoms with Gasteiger partial charge in [0.25, 0.3) is 0 Å². The average Bonchev–Trinajstić information content (AvgIpc) is 3.12. The van der Waals surface area contributed by atoms with Gasteiger partial charge in [-0.15, -0.1) is 21.5 Å². The van der Waals surface area contributed by atoms with Crippen molar-refractivity contribution in [2.45, 2.75) is 44.6 Å². The predicted molar refractivity (Wildman–Crippen MR) is 99.1 cm³/mol. The smallest absolute Gasteiger partial charge is 0.191 e. The summed E-state index contributed by atoms with van der Waals surface area (Å²) in [5.74, 6) is 1.49. The summed E-state index contributed by atoms with van der Waals surface area (Å²) in [7, 11) is 0. The fourth-order valence-corrected chi connectivity index (χ4v) is 4.27. The van der Waals surface area contributed by atoms with Gasteiger partial charge in [0.05, 0.1) is 0 Å². The van der Waals surface area contributed by atoms with Crippen LogP contribution < -0.4 is 0 Å². The third-order valence-corrected chi connectivity index (χ3v) is 6.02. The number of nitrogens with zero attached hydrogens (tertiary/aromatic N) is 3. The first-order chi connectivity index (χ1) is 11.6. The van der Waals surface area contributed by atoms with E-state index >= 15 is 0 Å². The number of thioether (sulfide) groups is 1. The van der Waals surface area contributed by atoms with Crippen LogP contribution in [0.25, 0.3) is 11.4 Å². The Labute approximate surface area is 149 Å². The number of aromatic nitrogens is 3. The van der Waals surface area contributed by atoms with E-state index in [0.717, 1.165) is 35.3 Å². The van der Waals surface area contributed by atoms with E-state index in [1.807, 2.05) is 12.1 Å². The van der Waals surface area contributed by atoms with Crippen LogP contribution in [0.1, 0.15) is 29.3 Å². The maximum Gasteiger partial charge on any atom is 0.191 e. The second-order valence-corrected chi connectivity index (χ2v) is 7.73. The Morgan fingerprint density at radius 3 is 2.54 bits per heavy atom. The SMILES string of the molecule is CCCn1c(SCc2ccc(F)cc2)nnc1-c1csc(C)c1C. The van der Waals surface area contributed by atoms with E-state index in [1.54, 1.807) is 23.1 Å². The molecule has 3 rings (SSSR count). The van der Waals surface area contributed by atoms with Crippen LogP contribution in [0.3, 0.4) is 0 Å². The highest BCUT2D eigenvalue weighted by atomic mass is 32.2. The summed E-state index contributed by atoms with van der Waals surface area (Å²) in [6.07, 6.45) is 1.03. The zero-order valence-electron chi connectivity index (χ0n) is 14.0. The number of rotatable bonds is 6. The van der Waals surface area contributed by atoms with Crippen molar-refractivity contribution in [3.63, 3.8) is 0 Å². The average molecular weight is 362 g/mol. The van der Waals surface area contributed by atoms with Gasteiger partial charge < -0.3 is 4.57 Å². The van der Waals surface area contributed by atoms with Crippen molar-refractivity contribution in [3.05, 3.63) is 51.5 Å². The lowest BCUT2D eigenvalue weighted by atomic mass is 10.1. The van der Waals surface area contributed by atoms with Gasteiger partial charge in [-0.1, -0.05) is 30.8 Å². The molecule has 3 aromatic rings. The largest absolute Gasteiger partial charge is 0.302 e. The number of thiophene rings is 1. The molecule has 0 amide bonds. The molecule has 0 saturated heterocycles. The first-order valence-corrected chi connectivity index (χ1v) is 9.82. The molecule has 0 saturated carbocycles. The predicted octanol–water partition coefficient (Wildman–Crippen LogP) is 5.46. The molecule has 126 valence electrons. The van der Waals surface area contributed by atoms with Crippen LogP contribution in [0.2, 0.25) is 0 Å². The highest BCUT2D eigenvalue weighted by Crippen LogP contribution is 2.32. The van der Waals surface area contributed by atoms with Crippen LogP contribution in [0, 0.1) is 19.7 Å². The Morgan fingerprint density at radius 2 is 1.92 bits per heavy atom. The fraction of sp³-hybridized carbons (Fsp3) is 0.333. The third-order valence-electron chi connectivity index (χ3n) is 3.97. The van der Waals surface area contributed by atoms with Crippen molar-refractivity contribution in [2.24, 2.45) is 0 Å². The highest BCUT2D eigenvalue weighted by Gasteiger charge is 2.17. The van der Waals surface area contributed by atoms with Crippen molar-refractivity contribution in [1.29, 1.82) is 0 Å². The summed E-state index contributed by atoms with van der Waals surface area (Å²) in [5, 5.41) is 11.9. The van der Waals surface area contributed by atoms with E-state index in [1.165, 1.54) is 28.1 Å². The lowest BCUT2D eigenvalue weighted by Crippen LogP contribution is -2.02. The summed E-state index contributed by atoms with van der Waals surface area (Å²) in [5.41, 5.74) is 3.53. The number of aryl methyl sites for hydroxylation is 1. The van der Waals surface area contributed by atoms with Crippen LogP contribution in [0.4, 0.5) is 4.39 Å². The van der Waals surface area contributed by atoms with Crippen molar-refractivity contribution in [2.75, 3.05) is 0 Å². The standard InChI is InChI=1S/C18H20FN3S2/c1-4-9-22-17(16-11-23-13(3)12(16)2)20-21-18(22)24-10-14-5-7-15(19)8-6-14/h5-8,11H,4,9-10H2,1-3H3. The van der Waals surface area contributed by atoms with E-state index < -0.39 is 0 Å². The minimum absolute atomic E-state index is 0.205. The summed E-state index contributed by atoms with van der Waals surface area (Å²) < 4.78 is 15.2. The normalized spacial score (nSPS) is 11.2. The van der Waals surface area contributed by atoms with Gasteiger partial charge in [-0.2, -0.15) is 0 Å². The summed E-state index contributed by atoms with van der Waals surface area (Å²) in [6, 6.07) is 6.62. The molecule has 0 radical (unpaired) electrons. The van der Waals surface area contributed by atoms with Gasteiger partial charge in [-0.05, 0) is 43.5 Å². The Balaban J connectivity index is 1.85. The summed E-state index contributed by atoms with van der Waals surface area (Å²) >= 11 is 3.39. The molecule has 0 fully saturated rings. The minimum atomic E-state index is -0.205. The molecule has 1 aromatic carbocycles. The first-order valence-electron chi connectivity index (χ1n) is 7.95. The molecule has 0 aliphatic carbocycles. The lowest BCUT2D eigenvalue weighted by Gasteiger charge is -2.09. The Kier molecular flexibility index (Phi) is 5.36. The van der Waals surface area contributed by atoms with E-state index in [2.05, 4.69) is 40.9 Å². The molecule has 2 aromatic heterocycles. The van der Waals surface area contributed by atoms with E-state index in [-0.39, 0.29) is 5.82 Å². The van der Waals surface area contributed by atoms with Gasteiger partial charge in [0.1, 0.15) is 5.82 Å². The van der Waals surface area contributed by atoms with Gasteiger partial charge in [-0.3, -0.25) is 0 Å². The van der Waals surface area contributed by atoms with Gasteiger partial charge in [0, 0.05) is 28.1 Å². The lowest BCUT2D eigenvalue weighted by molar-refractivity contribution is 0.625. The Bertz CT molecular complexity index is 821. The summed E-state index contributed by atoms with van der Waals surface area (Å²) in [6.45, 7) is 7.32. The van der Waals surface area contributed by atoms with Crippen molar-refractivity contribution >= 4 is 23.1 Å². The van der Waals surface area contributed by atoms with Gasteiger partial charge in [0.2, 0.25) is 0 Å². The maximum absolute atomic E-state index is 13.0. The Hall–Kier alpha value is -1.66. The van der Waals surface area contributed by atoms with Crippen LogP contribution in [-0.4, -0.2) is 14.8 Å². The molecule has 0 aliphatic rings. The van der Waals surface area contributed by atoms with Crippen LogP contribution in [-0.2, 0) is 12.3 Å². The molecule has 0 aliphatic heterocycles. The molecule has 2 heterocycles. The van der Waals surface area contributed by atoms with Crippen molar-refractivity contribution in [3.8, 4) is 11.4 Å². The number of benzene rings is 1. The molecule has 0 spiro atoms. The van der Waals surface area contributed by atoms with E-state index in [0.29, 0.717) is 0 Å². The maximum atomic E-state index is 13.0. The Morgan fingerprint density at radius 1 is 1.17 bits per heavy atom. The molecule has 0 N–H and O–H groups in total. The molecular formula is C18H20FN3S2. The quantitative estimate of drug-likeness (QED) is 0.546. The first kappa shape index (κ1) is 17.2. The van der Waals surface area contributed by atoms with E-state index in [9.17, 15) is 4.39 Å². The molecule has 0 atom stereocenters. The number of hydrogen-bond donors (Lipinski definition) is 0. The summed E-state index contributed by atoms with van der Waals surface area (Å²) in [4.78, 5) is 1.32. The van der Waals surface area contributed by atoms with Crippen molar-refractivity contribution < 1.29 is 4.39 Å². The van der Waals surface area contributed by atoms with Gasteiger partial charge >= 0.3 is 0 Å². The third kappa shape index (κ3) is 3.54. The molecular weight excluding hydrogens is 341 g/mol. The molecule has 24 heavy (non-hydrogen) atoms. The van der Waals surface area contributed by atoms with E-state index in [4.69, 9.17) is 0 Å². The van der Waals surface area contributed by atoms with Crippen LogP contribution in [0.5, 0.6) is 0 Å². The molecule has 6 heteroatoms. The number of hydrogen-bond acceptors (Lipinski definition) is 4. The second-order valence-electron chi connectivity index (χ2n) is 5.70. The molecule has 0 unspecified atom stereocenters. The monoisotopic (exact) mass is 361 g/mol. The minimum Gasteiger partial charge on any atom is -0.302 e. The molecule has 3 nitrogen and oxygen atoms in total. The van der Waals surface area contributed by atoms with Crippen molar-refractivity contribution in [1.82, 2.24) is 14.8 Å². The van der Waals surface area contributed by atoms with Gasteiger partial charge in [0.15, 0.2) is 11.0 Å². The highest BCUT2D eigenvalue weighted by molar-refractivity contribution is 7.98. The zero-order valence-corrected chi connectivity index (χ0v) is 15.7. The van der Waals surface area contributed by atoms with Crippen LogP contribution in [0.15, 0.2) is 34.8 Å².